The Hall–Kier alpha value is -2.40. The first-order chi connectivity index (χ1) is 17.2. The van der Waals surface area contributed by atoms with Gasteiger partial charge in [-0.15, -0.1) is 0 Å². The number of carbonyl (C=O) groups is 1. The van der Waals surface area contributed by atoms with Crippen molar-refractivity contribution in [3.05, 3.63) is 86.4 Å². The van der Waals surface area contributed by atoms with E-state index in [1.54, 1.807) is 31.2 Å². The maximum atomic E-state index is 13.9. The van der Waals surface area contributed by atoms with Gasteiger partial charge < -0.3 is 14.2 Å². The molecule has 0 radical (unpaired) electrons. The van der Waals surface area contributed by atoms with Crippen molar-refractivity contribution < 1.29 is 19.0 Å². The largest absolute Gasteiger partial charge is 0.496 e. The highest BCUT2D eigenvalue weighted by atomic mass is 79.9. The average Bonchev–Trinajstić information content (AvgIpc) is 3.14. The zero-order valence-electron chi connectivity index (χ0n) is 19.7. The molecular formula is C25H21Br2ClN2O5S. The average molecular weight is 657 g/mol. The van der Waals surface area contributed by atoms with Gasteiger partial charge in [0, 0.05) is 20.6 Å². The second-order valence-electron chi connectivity index (χ2n) is 7.70. The van der Waals surface area contributed by atoms with E-state index in [0.717, 1.165) is 8.95 Å². The second-order valence-corrected chi connectivity index (χ2v) is 10.9. The molecule has 0 aliphatic carbocycles. The fourth-order valence-corrected chi connectivity index (χ4v) is 6.62. The number of methoxy groups -OCH3 is 2. The summed E-state index contributed by atoms with van der Waals surface area (Å²) in [5.41, 5.74) is 1.62. The molecule has 11 heteroatoms. The van der Waals surface area contributed by atoms with E-state index in [4.69, 9.17) is 25.8 Å². The molecule has 1 atom stereocenters. The third kappa shape index (κ3) is 4.91. The zero-order chi connectivity index (χ0) is 26.1. The third-order valence-electron chi connectivity index (χ3n) is 5.53. The number of nitrogens with zero attached hydrogens (tertiary/aromatic N) is 2. The third-order valence-corrected chi connectivity index (χ3v) is 7.79. The molecule has 36 heavy (non-hydrogen) atoms. The van der Waals surface area contributed by atoms with Crippen LogP contribution in [0, 0.1) is 0 Å². The van der Waals surface area contributed by atoms with Gasteiger partial charge in [0.25, 0.3) is 5.56 Å². The highest BCUT2D eigenvalue weighted by Crippen LogP contribution is 2.37. The molecule has 0 amide bonds. The van der Waals surface area contributed by atoms with Gasteiger partial charge in [-0.05, 0) is 66.2 Å². The summed E-state index contributed by atoms with van der Waals surface area (Å²) in [6.45, 7) is 4.06. The van der Waals surface area contributed by atoms with Crippen molar-refractivity contribution in [3.63, 3.8) is 0 Å². The first-order valence-electron chi connectivity index (χ1n) is 10.8. The first kappa shape index (κ1) is 26.7. The van der Waals surface area contributed by atoms with Gasteiger partial charge in [0.2, 0.25) is 0 Å². The van der Waals surface area contributed by atoms with Crippen LogP contribution in [-0.2, 0) is 9.53 Å². The molecule has 0 saturated heterocycles. The van der Waals surface area contributed by atoms with E-state index in [2.05, 4.69) is 36.9 Å². The Morgan fingerprint density at radius 3 is 2.67 bits per heavy atom. The number of aromatic nitrogens is 1. The Morgan fingerprint density at radius 1 is 1.25 bits per heavy atom. The van der Waals surface area contributed by atoms with Crippen LogP contribution in [0.5, 0.6) is 11.5 Å². The number of halogens is 3. The lowest BCUT2D eigenvalue weighted by Gasteiger charge is -2.25. The van der Waals surface area contributed by atoms with Crippen molar-refractivity contribution in [2.45, 2.75) is 19.9 Å². The lowest BCUT2D eigenvalue weighted by molar-refractivity contribution is -0.136. The van der Waals surface area contributed by atoms with Crippen LogP contribution in [0.2, 0.25) is 5.02 Å². The van der Waals surface area contributed by atoms with Gasteiger partial charge in [-0.2, -0.15) is 0 Å². The van der Waals surface area contributed by atoms with Crippen molar-refractivity contribution in [1.29, 1.82) is 0 Å². The van der Waals surface area contributed by atoms with E-state index in [1.807, 2.05) is 19.1 Å². The minimum Gasteiger partial charge on any atom is -0.496 e. The van der Waals surface area contributed by atoms with Gasteiger partial charge in [-0.25, -0.2) is 9.79 Å². The molecule has 3 aromatic rings. The van der Waals surface area contributed by atoms with Gasteiger partial charge in [-0.1, -0.05) is 38.9 Å². The summed E-state index contributed by atoms with van der Waals surface area (Å²) in [4.78, 5) is 31.8. The molecule has 1 aliphatic rings. The summed E-state index contributed by atoms with van der Waals surface area (Å²) in [6, 6.07) is 7.97. The number of hydrogen-bond acceptors (Lipinski definition) is 7. The van der Waals surface area contributed by atoms with Crippen LogP contribution in [0.25, 0.3) is 6.08 Å². The molecule has 0 spiro atoms. The van der Waals surface area contributed by atoms with Gasteiger partial charge in [0.1, 0.15) is 17.5 Å². The molecule has 0 saturated carbocycles. The van der Waals surface area contributed by atoms with Crippen LogP contribution >= 0.6 is 54.8 Å². The van der Waals surface area contributed by atoms with Crippen molar-refractivity contribution in [2.24, 2.45) is 4.99 Å². The van der Waals surface area contributed by atoms with Crippen LogP contribution in [0.3, 0.4) is 0 Å². The van der Waals surface area contributed by atoms with Crippen LogP contribution in [0.4, 0.5) is 0 Å². The lowest BCUT2D eigenvalue weighted by atomic mass is 9.95. The second kappa shape index (κ2) is 10.9. The highest BCUT2D eigenvalue weighted by Gasteiger charge is 2.35. The predicted octanol–water partition coefficient (Wildman–Crippen LogP) is 4.99. The Bertz CT molecular complexity index is 1580. The van der Waals surface area contributed by atoms with Crippen molar-refractivity contribution in [3.8, 4) is 11.5 Å². The SMILES string of the molecule is CCOc1c(Br)cc(Br)cc1/C=c1\sc2n(c1=O)[C@H](c1cc(Cl)ccc1OC)C(C(=O)OC)=C(C)N=2. The van der Waals surface area contributed by atoms with E-state index in [1.165, 1.54) is 30.1 Å². The molecule has 0 unspecified atom stereocenters. The molecule has 0 N–H and O–H groups in total. The van der Waals surface area contributed by atoms with Crippen molar-refractivity contribution in [2.75, 3.05) is 20.8 Å². The molecular weight excluding hydrogens is 636 g/mol. The summed E-state index contributed by atoms with van der Waals surface area (Å²) in [5.74, 6) is 0.503. The summed E-state index contributed by atoms with van der Waals surface area (Å²) < 4.78 is 19.9. The molecule has 1 aliphatic heterocycles. The van der Waals surface area contributed by atoms with Crippen LogP contribution in [-0.4, -0.2) is 31.4 Å². The zero-order valence-corrected chi connectivity index (χ0v) is 24.5. The minimum atomic E-state index is -0.842. The van der Waals surface area contributed by atoms with Crippen LogP contribution in [0.1, 0.15) is 31.0 Å². The number of benzene rings is 2. The van der Waals surface area contributed by atoms with Gasteiger partial charge in [0.15, 0.2) is 4.80 Å². The summed E-state index contributed by atoms with van der Waals surface area (Å²) in [7, 11) is 2.81. The highest BCUT2D eigenvalue weighted by molar-refractivity contribution is 9.11. The summed E-state index contributed by atoms with van der Waals surface area (Å²) in [5, 5.41) is 0.437. The van der Waals surface area contributed by atoms with Gasteiger partial charge in [-0.3, -0.25) is 9.36 Å². The summed E-state index contributed by atoms with van der Waals surface area (Å²) in [6.07, 6.45) is 1.76. The number of allylic oxidation sites excluding steroid dienone is 1. The first-order valence-corrected chi connectivity index (χ1v) is 13.5. The number of ether oxygens (including phenoxy) is 3. The molecule has 0 bridgehead atoms. The normalized spacial score (nSPS) is 15.4. The molecule has 4 rings (SSSR count). The Kier molecular flexibility index (Phi) is 8.09. The maximum Gasteiger partial charge on any atom is 0.338 e. The van der Waals surface area contributed by atoms with Gasteiger partial charge in [0.05, 0.1) is 41.1 Å². The number of esters is 1. The molecule has 2 aromatic carbocycles. The number of rotatable bonds is 6. The van der Waals surface area contributed by atoms with Crippen molar-refractivity contribution in [1.82, 2.24) is 4.57 Å². The molecule has 2 heterocycles. The lowest BCUT2D eigenvalue weighted by Crippen LogP contribution is -2.40. The number of carbonyl (C=O) groups excluding carboxylic acids is 1. The molecule has 7 nitrogen and oxygen atoms in total. The smallest absolute Gasteiger partial charge is 0.338 e. The van der Waals surface area contributed by atoms with E-state index >= 15 is 0 Å². The van der Waals surface area contributed by atoms with Gasteiger partial charge >= 0.3 is 5.97 Å². The number of fused-ring (bicyclic) bond motifs is 1. The number of hydrogen-bond donors (Lipinski definition) is 0. The topological polar surface area (TPSA) is 79.1 Å². The van der Waals surface area contributed by atoms with E-state index in [0.29, 0.717) is 49.3 Å². The fraction of sp³-hybridized carbons (Fsp3) is 0.240. The quantitative estimate of drug-likeness (QED) is 0.350. The summed E-state index contributed by atoms with van der Waals surface area (Å²) >= 11 is 14.6. The fourth-order valence-electron chi connectivity index (χ4n) is 4.03. The molecule has 1 aromatic heterocycles. The van der Waals surface area contributed by atoms with E-state index in [-0.39, 0.29) is 11.1 Å². The maximum absolute atomic E-state index is 13.9. The molecule has 0 fully saturated rings. The van der Waals surface area contributed by atoms with E-state index < -0.39 is 12.0 Å². The molecule has 188 valence electrons. The standard InChI is InChI=1S/C25H21Br2ClN2O5S/c1-5-35-22-13(8-14(26)10-17(22)27)9-19-23(31)30-21(16-11-15(28)6-7-18(16)33-3)20(24(32)34-4)12(2)29-25(30)36-19/h6-11,21H,5H2,1-4H3/b19-9-/t21-/m1/s1. The number of thiazole rings is 1. The Balaban J connectivity index is 2.04. The minimum absolute atomic E-state index is 0.234. The Labute approximate surface area is 232 Å². The monoisotopic (exact) mass is 654 g/mol. The Morgan fingerprint density at radius 2 is 2.00 bits per heavy atom. The van der Waals surface area contributed by atoms with Crippen LogP contribution in [0.15, 0.2) is 60.3 Å². The van der Waals surface area contributed by atoms with Crippen molar-refractivity contribution >= 4 is 66.8 Å². The van der Waals surface area contributed by atoms with E-state index in [9.17, 15) is 9.59 Å². The van der Waals surface area contributed by atoms with Crippen LogP contribution < -0.4 is 24.4 Å². The predicted molar refractivity (Wildman–Crippen MR) is 147 cm³/mol.